The minimum Gasteiger partial charge on any atom is -0.382 e. The van der Waals surface area contributed by atoms with E-state index in [2.05, 4.69) is 26.4 Å². The smallest absolute Gasteiger partial charge is 0.268 e. The van der Waals surface area contributed by atoms with E-state index in [9.17, 15) is 13.6 Å². The number of amides is 1. The Labute approximate surface area is 149 Å². The van der Waals surface area contributed by atoms with Gasteiger partial charge in [-0.15, -0.1) is 0 Å². The lowest BCUT2D eigenvalue weighted by atomic mass is 10.0. The lowest BCUT2D eigenvalue weighted by Gasteiger charge is -2.12. The van der Waals surface area contributed by atoms with Crippen LogP contribution in [0, 0.1) is 11.6 Å². The van der Waals surface area contributed by atoms with E-state index in [1.807, 2.05) is 0 Å². The van der Waals surface area contributed by atoms with Gasteiger partial charge < -0.3 is 10.2 Å². The van der Waals surface area contributed by atoms with Gasteiger partial charge in [0, 0.05) is 27.5 Å². The summed E-state index contributed by atoms with van der Waals surface area (Å²) >= 11 is 9.10. The summed E-state index contributed by atoms with van der Waals surface area (Å²) in [5, 5.41) is 6.74. The van der Waals surface area contributed by atoms with Crippen LogP contribution < -0.4 is 5.32 Å². The van der Waals surface area contributed by atoms with Crippen molar-refractivity contribution in [2.75, 3.05) is 5.32 Å². The monoisotopic (exact) mass is 414 g/mol. The fourth-order valence-corrected chi connectivity index (χ4v) is 2.99. The second-order valence-corrected chi connectivity index (χ2v) is 6.31. The van der Waals surface area contributed by atoms with Crippen molar-refractivity contribution in [3.05, 3.63) is 63.1 Å². The van der Waals surface area contributed by atoms with Gasteiger partial charge in [0.25, 0.3) is 5.91 Å². The first-order valence-electron chi connectivity index (χ1n) is 6.88. The number of carbonyl (C=O) groups excluding carboxylic acids is 1. The van der Waals surface area contributed by atoms with Crippen molar-refractivity contribution in [2.24, 2.45) is 5.16 Å². The molecule has 1 amide bonds. The van der Waals surface area contributed by atoms with Crippen molar-refractivity contribution in [1.82, 2.24) is 0 Å². The zero-order valence-electron chi connectivity index (χ0n) is 12.0. The molecule has 8 heteroatoms. The number of benzene rings is 2. The SMILES string of the molecule is O=C(Nc1c(F)cc(F)cc1Br)C1CC(c2ccccc2Cl)=NO1. The number of nitrogens with one attached hydrogen (secondary N) is 1. The molecular weight excluding hydrogens is 406 g/mol. The molecule has 1 aliphatic rings. The fourth-order valence-electron chi connectivity index (χ4n) is 2.24. The van der Waals surface area contributed by atoms with Crippen molar-refractivity contribution in [3.8, 4) is 0 Å². The fraction of sp³-hybridized carbons (Fsp3) is 0.125. The Balaban J connectivity index is 1.72. The molecule has 1 N–H and O–H groups in total. The van der Waals surface area contributed by atoms with E-state index in [1.165, 1.54) is 0 Å². The molecule has 1 unspecified atom stereocenters. The summed E-state index contributed by atoms with van der Waals surface area (Å²) in [5.41, 5.74) is 1.04. The molecule has 0 aliphatic carbocycles. The van der Waals surface area contributed by atoms with Crippen LogP contribution in [0.1, 0.15) is 12.0 Å². The van der Waals surface area contributed by atoms with Gasteiger partial charge in [0.2, 0.25) is 6.10 Å². The van der Waals surface area contributed by atoms with Crippen LogP contribution in [-0.4, -0.2) is 17.7 Å². The average molecular weight is 416 g/mol. The molecule has 2 aromatic rings. The first-order chi connectivity index (χ1) is 11.5. The molecule has 24 heavy (non-hydrogen) atoms. The van der Waals surface area contributed by atoms with E-state index >= 15 is 0 Å². The number of anilines is 1. The molecule has 1 heterocycles. The molecule has 2 aromatic carbocycles. The third-order valence-electron chi connectivity index (χ3n) is 3.40. The van der Waals surface area contributed by atoms with Crippen molar-refractivity contribution in [2.45, 2.75) is 12.5 Å². The molecule has 3 rings (SSSR count). The quantitative estimate of drug-likeness (QED) is 0.802. The minimum absolute atomic E-state index is 0.0959. The van der Waals surface area contributed by atoms with E-state index in [-0.39, 0.29) is 16.6 Å². The van der Waals surface area contributed by atoms with Gasteiger partial charge in [-0.25, -0.2) is 8.78 Å². The van der Waals surface area contributed by atoms with Gasteiger partial charge in [0.15, 0.2) is 5.82 Å². The maximum Gasteiger partial charge on any atom is 0.268 e. The molecule has 0 saturated heterocycles. The van der Waals surface area contributed by atoms with Crippen LogP contribution in [0.4, 0.5) is 14.5 Å². The number of halogens is 4. The van der Waals surface area contributed by atoms with Crippen molar-refractivity contribution in [1.29, 1.82) is 0 Å². The molecule has 124 valence electrons. The number of hydrogen-bond donors (Lipinski definition) is 1. The van der Waals surface area contributed by atoms with Crippen molar-refractivity contribution >= 4 is 44.8 Å². The summed E-state index contributed by atoms with van der Waals surface area (Å²) in [7, 11) is 0. The molecule has 0 aromatic heterocycles. The van der Waals surface area contributed by atoms with Gasteiger partial charge in [-0.3, -0.25) is 4.79 Å². The molecule has 0 spiro atoms. The van der Waals surface area contributed by atoms with E-state index < -0.39 is 23.6 Å². The van der Waals surface area contributed by atoms with Crippen LogP contribution in [0.3, 0.4) is 0 Å². The minimum atomic E-state index is -0.923. The zero-order chi connectivity index (χ0) is 17.3. The molecule has 0 saturated carbocycles. The van der Waals surface area contributed by atoms with Crippen LogP contribution in [0.25, 0.3) is 0 Å². The summed E-state index contributed by atoms with van der Waals surface area (Å²) in [6.45, 7) is 0. The number of oxime groups is 1. The molecule has 0 bridgehead atoms. The van der Waals surface area contributed by atoms with E-state index in [1.54, 1.807) is 24.3 Å². The highest BCUT2D eigenvalue weighted by molar-refractivity contribution is 9.10. The lowest BCUT2D eigenvalue weighted by molar-refractivity contribution is -0.125. The van der Waals surface area contributed by atoms with Crippen molar-refractivity contribution in [3.63, 3.8) is 0 Å². The third kappa shape index (κ3) is 3.42. The summed E-state index contributed by atoms with van der Waals surface area (Å²) in [6, 6.07) is 8.78. The van der Waals surface area contributed by atoms with Crippen LogP contribution in [0.15, 0.2) is 46.0 Å². The Morgan fingerprint density at radius 3 is 2.79 bits per heavy atom. The highest BCUT2D eigenvalue weighted by Gasteiger charge is 2.30. The molecule has 1 aliphatic heterocycles. The van der Waals surface area contributed by atoms with E-state index in [0.717, 1.165) is 6.07 Å². The second-order valence-electron chi connectivity index (χ2n) is 5.05. The Morgan fingerprint density at radius 1 is 1.33 bits per heavy atom. The molecule has 0 radical (unpaired) electrons. The normalized spacial score (nSPS) is 16.5. The predicted octanol–water partition coefficient (Wildman–Crippen LogP) is 4.51. The summed E-state index contributed by atoms with van der Waals surface area (Å²) in [6.07, 6.45) is -0.733. The largest absolute Gasteiger partial charge is 0.382 e. The molecule has 4 nitrogen and oxygen atoms in total. The number of nitrogens with zero attached hydrogens (tertiary/aromatic N) is 1. The second kappa shape index (κ2) is 6.86. The first kappa shape index (κ1) is 16.9. The highest BCUT2D eigenvalue weighted by atomic mass is 79.9. The number of rotatable bonds is 3. The standard InChI is InChI=1S/C16H10BrClF2N2O2/c17-10-5-8(19)6-12(20)15(10)21-16(23)14-7-13(22-24-14)9-3-1-2-4-11(9)18/h1-6,14H,7H2,(H,21,23). The van der Waals surface area contributed by atoms with E-state index in [4.69, 9.17) is 16.4 Å². The van der Waals surface area contributed by atoms with Gasteiger partial charge >= 0.3 is 0 Å². The van der Waals surface area contributed by atoms with Gasteiger partial charge in [-0.05, 0) is 28.1 Å². The Bertz CT molecular complexity index is 822. The maximum absolute atomic E-state index is 13.8. The van der Waals surface area contributed by atoms with Crippen LogP contribution in [-0.2, 0) is 9.63 Å². The van der Waals surface area contributed by atoms with Gasteiger partial charge in [-0.2, -0.15) is 0 Å². The predicted molar refractivity (Wildman–Crippen MR) is 90.2 cm³/mol. The molecule has 0 fully saturated rings. The molecular formula is C16H10BrClF2N2O2. The van der Waals surface area contributed by atoms with Gasteiger partial charge in [0.05, 0.1) is 11.4 Å². The average Bonchev–Trinajstić information content (AvgIpc) is 3.01. The van der Waals surface area contributed by atoms with Crippen LogP contribution >= 0.6 is 27.5 Å². The summed E-state index contributed by atoms with van der Waals surface area (Å²) in [4.78, 5) is 17.4. The highest BCUT2D eigenvalue weighted by Crippen LogP contribution is 2.28. The lowest BCUT2D eigenvalue weighted by Crippen LogP contribution is -2.28. The summed E-state index contributed by atoms with van der Waals surface area (Å²) in [5.74, 6) is -2.23. The van der Waals surface area contributed by atoms with Crippen molar-refractivity contribution < 1.29 is 18.4 Å². The van der Waals surface area contributed by atoms with Gasteiger partial charge in [0.1, 0.15) is 5.82 Å². The zero-order valence-corrected chi connectivity index (χ0v) is 14.4. The Kier molecular flexibility index (Phi) is 4.82. The Hall–Kier alpha value is -1.99. The maximum atomic E-state index is 13.8. The Morgan fingerprint density at radius 2 is 2.08 bits per heavy atom. The van der Waals surface area contributed by atoms with Crippen LogP contribution in [0.2, 0.25) is 5.02 Å². The van der Waals surface area contributed by atoms with Gasteiger partial charge in [-0.1, -0.05) is 35.0 Å². The first-order valence-corrected chi connectivity index (χ1v) is 8.06. The summed E-state index contributed by atoms with van der Waals surface area (Å²) < 4.78 is 27.0. The van der Waals surface area contributed by atoms with E-state index in [0.29, 0.717) is 22.4 Å². The third-order valence-corrected chi connectivity index (χ3v) is 4.36. The molecule has 1 atom stereocenters. The van der Waals surface area contributed by atoms with Crippen LogP contribution in [0.5, 0.6) is 0 Å². The number of hydrogen-bond acceptors (Lipinski definition) is 3. The number of carbonyl (C=O) groups is 1. The topological polar surface area (TPSA) is 50.7 Å².